The summed E-state index contributed by atoms with van der Waals surface area (Å²) in [5.74, 6) is 1.90. The summed E-state index contributed by atoms with van der Waals surface area (Å²) in [6.07, 6.45) is 4.63. The van der Waals surface area contributed by atoms with E-state index in [-0.39, 0.29) is 6.61 Å². The Hall–Kier alpha value is -2.86. The Balaban J connectivity index is 1.31. The van der Waals surface area contributed by atoms with Crippen LogP contribution >= 0.6 is 0 Å². The minimum absolute atomic E-state index is 0.162. The summed E-state index contributed by atoms with van der Waals surface area (Å²) >= 11 is 0. The molecule has 4 rings (SSSR count). The zero-order valence-electron chi connectivity index (χ0n) is 23.2. The van der Waals surface area contributed by atoms with E-state index in [1.54, 1.807) is 0 Å². The van der Waals surface area contributed by atoms with Crippen LogP contribution in [0, 0.1) is 13.8 Å². The third-order valence-corrected chi connectivity index (χ3v) is 7.47. The van der Waals surface area contributed by atoms with Gasteiger partial charge in [-0.2, -0.15) is 0 Å². The highest BCUT2D eigenvalue weighted by Crippen LogP contribution is 2.35. The van der Waals surface area contributed by atoms with Crippen molar-refractivity contribution >= 4 is 0 Å². The fourth-order valence-electron chi connectivity index (χ4n) is 5.32. The second-order valence-corrected chi connectivity index (χ2v) is 10.3. The maximum atomic E-state index is 9.49. The molecule has 0 bridgehead atoms. The molecule has 0 atom stereocenters. The summed E-state index contributed by atoms with van der Waals surface area (Å²) in [4.78, 5) is 4.82. The number of nitrogens with zero attached hydrogens (tertiary/aromatic N) is 2. The van der Waals surface area contributed by atoms with Crippen molar-refractivity contribution in [2.75, 3.05) is 52.5 Å². The Morgan fingerprint density at radius 3 is 1.95 bits per heavy atom. The van der Waals surface area contributed by atoms with Crippen LogP contribution in [0.1, 0.15) is 42.4 Å². The van der Waals surface area contributed by atoms with Crippen molar-refractivity contribution < 1.29 is 14.6 Å². The molecule has 0 aromatic heterocycles. The molecule has 204 valence electrons. The Bertz CT molecular complexity index is 1110. The van der Waals surface area contributed by atoms with Crippen LogP contribution < -0.4 is 9.47 Å². The van der Waals surface area contributed by atoms with Crippen LogP contribution in [0.5, 0.6) is 11.5 Å². The first-order valence-electron chi connectivity index (χ1n) is 14.2. The van der Waals surface area contributed by atoms with E-state index in [9.17, 15) is 5.11 Å². The van der Waals surface area contributed by atoms with Crippen molar-refractivity contribution in [1.82, 2.24) is 9.80 Å². The van der Waals surface area contributed by atoms with Gasteiger partial charge in [0, 0.05) is 26.2 Å². The third kappa shape index (κ3) is 8.07. The van der Waals surface area contributed by atoms with Gasteiger partial charge in [-0.05, 0) is 92.6 Å². The van der Waals surface area contributed by atoms with Gasteiger partial charge in [0.25, 0.3) is 0 Å². The van der Waals surface area contributed by atoms with Crippen molar-refractivity contribution in [2.24, 2.45) is 0 Å². The lowest BCUT2D eigenvalue weighted by Gasteiger charge is -2.22. The van der Waals surface area contributed by atoms with Crippen molar-refractivity contribution in [3.63, 3.8) is 0 Å². The summed E-state index contributed by atoms with van der Waals surface area (Å²) in [6, 6.07) is 23.1. The van der Waals surface area contributed by atoms with Crippen LogP contribution in [0.4, 0.5) is 0 Å². The highest BCUT2D eigenvalue weighted by Gasteiger charge is 2.14. The van der Waals surface area contributed by atoms with E-state index in [1.165, 1.54) is 48.2 Å². The van der Waals surface area contributed by atoms with Gasteiger partial charge in [-0.3, -0.25) is 4.90 Å². The molecule has 1 aliphatic heterocycles. The number of hydrogen-bond donors (Lipinski definition) is 1. The molecule has 0 radical (unpaired) electrons. The summed E-state index contributed by atoms with van der Waals surface area (Å²) in [6.45, 7) is 11.8. The Morgan fingerprint density at radius 1 is 0.737 bits per heavy atom. The molecule has 0 amide bonds. The lowest BCUT2D eigenvalue weighted by molar-refractivity contribution is 0.177. The predicted octanol–water partition coefficient (Wildman–Crippen LogP) is 6.10. The first-order chi connectivity index (χ1) is 18.7. The maximum Gasteiger partial charge on any atom is 0.122 e. The van der Waals surface area contributed by atoms with E-state index in [2.05, 4.69) is 84.3 Å². The molecular weight excluding hydrogens is 472 g/mol. The van der Waals surface area contributed by atoms with Gasteiger partial charge in [0.05, 0.1) is 19.8 Å². The smallest absolute Gasteiger partial charge is 0.122 e. The lowest BCUT2D eigenvalue weighted by Crippen LogP contribution is -2.28. The van der Waals surface area contributed by atoms with Crippen LogP contribution in [-0.2, 0) is 6.54 Å². The van der Waals surface area contributed by atoms with E-state index in [0.29, 0.717) is 13.2 Å². The number of ether oxygens (including phenoxy) is 2. The van der Waals surface area contributed by atoms with Gasteiger partial charge in [-0.25, -0.2) is 0 Å². The summed E-state index contributed by atoms with van der Waals surface area (Å²) in [5.41, 5.74) is 5.97. The number of aliphatic hydroxyl groups is 1. The second-order valence-electron chi connectivity index (χ2n) is 10.3. The molecule has 0 saturated carbocycles. The molecule has 5 nitrogen and oxygen atoms in total. The van der Waals surface area contributed by atoms with Crippen molar-refractivity contribution in [3.05, 3.63) is 83.4 Å². The lowest BCUT2D eigenvalue weighted by atomic mass is 9.95. The molecule has 1 fully saturated rings. The number of aliphatic hydroxyl groups excluding tert-OH is 1. The van der Waals surface area contributed by atoms with E-state index < -0.39 is 0 Å². The number of hydrogen-bond acceptors (Lipinski definition) is 5. The monoisotopic (exact) mass is 516 g/mol. The highest BCUT2D eigenvalue weighted by molar-refractivity contribution is 5.74. The Kier molecular flexibility index (Phi) is 11.1. The molecule has 1 aliphatic rings. The quantitative estimate of drug-likeness (QED) is 0.247. The fraction of sp³-hybridized carbons (Fsp3) is 0.455. The van der Waals surface area contributed by atoms with Gasteiger partial charge < -0.3 is 19.5 Å². The van der Waals surface area contributed by atoms with E-state index >= 15 is 0 Å². The maximum absolute atomic E-state index is 9.49. The second kappa shape index (κ2) is 14.9. The molecule has 0 unspecified atom stereocenters. The molecule has 5 heteroatoms. The van der Waals surface area contributed by atoms with Crippen molar-refractivity contribution in [1.29, 1.82) is 0 Å². The third-order valence-electron chi connectivity index (χ3n) is 7.47. The van der Waals surface area contributed by atoms with Crippen LogP contribution in [0.2, 0.25) is 0 Å². The number of rotatable bonds is 15. The van der Waals surface area contributed by atoms with Gasteiger partial charge in [0.15, 0.2) is 0 Å². The summed E-state index contributed by atoms with van der Waals surface area (Å²) < 4.78 is 12.5. The van der Waals surface area contributed by atoms with Crippen molar-refractivity contribution in [2.45, 2.75) is 46.1 Å². The molecule has 3 aromatic rings. The first-order valence-corrected chi connectivity index (χ1v) is 14.2. The average Bonchev–Trinajstić information content (AvgIpc) is 3.45. The topological polar surface area (TPSA) is 45.2 Å². The Morgan fingerprint density at radius 2 is 1.34 bits per heavy atom. The average molecular weight is 517 g/mol. The molecule has 0 aliphatic carbocycles. The highest BCUT2D eigenvalue weighted by atomic mass is 16.5. The van der Waals surface area contributed by atoms with Crippen LogP contribution in [0.3, 0.4) is 0 Å². The van der Waals surface area contributed by atoms with Crippen LogP contribution in [0.15, 0.2) is 66.7 Å². The normalized spacial score (nSPS) is 13.8. The van der Waals surface area contributed by atoms with E-state index in [4.69, 9.17) is 9.47 Å². The first kappa shape index (κ1) is 28.2. The summed E-state index contributed by atoms with van der Waals surface area (Å²) in [5, 5.41) is 9.49. The van der Waals surface area contributed by atoms with Gasteiger partial charge in [0.2, 0.25) is 0 Å². The fourth-order valence-corrected chi connectivity index (χ4v) is 5.32. The predicted molar refractivity (Wildman–Crippen MR) is 156 cm³/mol. The molecule has 38 heavy (non-hydrogen) atoms. The van der Waals surface area contributed by atoms with Gasteiger partial charge in [-0.1, -0.05) is 54.6 Å². The zero-order chi connectivity index (χ0) is 26.6. The van der Waals surface area contributed by atoms with Gasteiger partial charge in [-0.15, -0.1) is 0 Å². The molecule has 3 aromatic carbocycles. The zero-order valence-corrected chi connectivity index (χ0v) is 23.2. The van der Waals surface area contributed by atoms with E-state index in [0.717, 1.165) is 56.1 Å². The van der Waals surface area contributed by atoms with Crippen LogP contribution in [-0.4, -0.2) is 67.5 Å². The largest absolute Gasteiger partial charge is 0.493 e. The van der Waals surface area contributed by atoms with Crippen molar-refractivity contribution in [3.8, 4) is 22.6 Å². The summed E-state index contributed by atoms with van der Waals surface area (Å²) in [7, 11) is 0. The standard InChI is InChI=1S/C33H44N2O3/c1-27-30(14-8-16-32(27)37-24-10-20-34-18-6-7-19-34)31-15-9-17-33(28(31)2)38-25-11-21-35(22-23-36)26-29-12-4-3-5-13-29/h3-5,8-9,12-17,36H,6-7,10-11,18-26H2,1-2H3. The van der Waals surface area contributed by atoms with Gasteiger partial charge >= 0.3 is 0 Å². The SMILES string of the molecule is Cc1c(OCCCN2CCCC2)cccc1-c1cccc(OCCCN(CCO)Cc2ccccc2)c1C. The molecule has 1 saturated heterocycles. The molecular formula is C33H44N2O3. The van der Waals surface area contributed by atoms with Crippen LogP contribution in [0.25, 0.3) is 11.1 Å². The molecule has 0 spiro atoms. The minimum Gasteiger partial charge on any atom is -0.493 e. The molecule has 1 heterocycles. The van der Waals surface area contributed by atoms with E-state index in [1.807, 2.05) is 6.07 Å². The number of likely N-dealkylation sites (tertiary alicyclic amines) is 1. The van der Waals surface area contributed by atoms with Gasteiger partial charge in [0.1, 0.15) is 11.5 Å². The molecule has 1 N–H and O–H groups in total. The Labute approximate surface area is 229 Å². The number of benzene rings is 3. The minimum atomic E-state index is 0.162.